The summed E-state index contributed by atoms with van der Waals surface area (Å²) in [5.41, 5.74) is 0.556. The van der Waals surface area contributed by atoms with Crippen molar-refractivity contribution in [1.29, 1.82) is 0 Å². The standard InChI is InChI=1S/C21H28FN5O2S/c22-19-4-2-17(3-5-19)18-7-12-27(13-8-18)30(28,29)15-21(14-23-16-26-21)9-6-20-24-10-1-11-25-20/h1-5,10-11,18,23,26H,6-9,12-16H2. The quantitative estimate of drug-likeness (QED) is 0.691. The molecule has 2 aliphatic heterocycles. The van der Waals surface area contributed by atoms with Crippen molar-refractivity contribution in [2.24, 2.45) is 0 Å². The fourth-order valence-corrected chi connectivity index (χ4v) is 6.41. The van der Waals surface area contributed by atoms with E-state index >= 15 is 0 Å². The van der Waals surface area contributed by atoms with E-state index in [1.165, 1.54) is 12.1 Å². The van der Waals surface area contributed by atoms with Gasteiger partial charge in [0.25, 0.3) is 0 Å². The number of piperidine rings is 1. The van der Waals surface area contributed by atoms with Gasteiger partial charge in [0.15, 0.2) is 0 Å². The number of nitrogens with one attached hydrogen (secondary N) is 2. The number of aryl methyl sites for hydroxylation is 1. The van der Waals surface area contributed by atoms with E-state index in [2.05, 4.69) is 20.6 Å². The first-order valence-corrected chi connectivity index (χ1v) is 12.0. The van der Waals surface area contributed by atoms with Crippen molar-refractivity contribution < 1.29 is 12.8 Å². The average molecular weight is 434 g/mol. The van der Waals surface area contributed by atoms with Gasteiger partial charge in [-0.25, -0.2) is 27.1 Å². The number of sulfonamides is 1. The molecule has 162 valence electrons. The number of nitrogens with zero attached hydrogens (tertiary/aromatic N) is 3. The van der Waals surface area contributed by atoms with Gasteiger partial charge in [-0.15, -0.1) is 0 Å². The van der Waals surface area contributed by atoms with E-state index < -0.39 is 15.6 Å². The molecule has 1 aromatic heterocycles. The Bertz CT molecular complexity index is 926. The van der Waals surface area contributed by atoms with Crippen molar-refractivity contribution in [2.45, 2.75) is 37.1 Å². The van der Waals surface area contributed by atoms with Gasteiger partial charge in [0.1, 0.15) is 11.6 Å². The predicted octanol–water partition coefficient (Wildman–Crippen LogP) is 1.65. The highest BCUT2D eigenvalue weighted by Gasteiger charge is 2.40. The molecule has 0 bridgehead atoms. The smallest absolute Gasteiger partial charge is 0.215 e. The Morgan fingerprint density at radius 2 is 1.83 bits per heavy atom. The maximum absolute atomic E-state index is 13.2. The van der Waals surface area contributed by atoms with Gasteiger partial charge in [0, 0.05) is 50.7 Å². The molecule has 2 saturated heterocycles. The second-order valence-electron chi connectivity index (χ2n) is 8.21. The van der Waals surface area contributed by atoms with Crippen molar-refractivity contribution in [3.05, 3.63) is 59.9 Å². The molecule has 0 aliphatic carbocycles. The van der Waals surface area contributed by atoms with Crippen LogP contribution in [0.15, 0.2) is 42.7 Å². The van der Waals surface area contributed by atoms with E-state index in [9.17, 15) is 12.8 Å². The lowest BCUT2D eigenvalue weighted by Gasteiger charge is -2.35. The Kier molecular flexibility index (Phi) is 6.43. The highest BCUT2D eigenvalue weighted by molar-refractivity contribution is 7.89. The Labute approximate surface area is 177 Å². The van der Waals surface area contributed by atoms with E-state index in [1.54, 1.807) is 34.9 Å². The van der Waals surface area contributed by atoms with Gasteiger partial charge in [0.2, 0.25) is 10.0 Å². The summed E-state index contributed by atoms with van der Waals surface area (Å²) in [6, 6.07) is 8.32. The number of rotatable bonds is 7. The molecule has 0 saturated carbocycles. The summed E-state index contributed by atoms with van der Waals surface area (Å²) in [6.45, 7) is 2.19. The lowest BCUT2D eigenvalue weighted by atomic mass is 9.90. The molecule has 2 aromatic rings. The molecule has 1 unspecified atom stereocenters. The van der Waals surface area contributed by atoms with Crippen LogP contribution >= 0.6 is 0 Å². The topological polar surface area (TPSA) is 87.2 Å². The fourth-order valence-electron chi connectivity index (χ4n) is 4.42. The number of hydrogen-bond acceptors (Lipinski definition) is 6. The third-order valence-electron chi connectivity index (χ3n) is 6.15. The summed E-state index contributed by atoms with van der Waals surface area (Å²) in [7, 11) is -3.41. The summed E-state index contributed by atoms with van der Waals surface area (Å²) >= 11 is 0. The predicted molar refractivity (Wildman–Crippen MR) is 113 cm³/mol. The second kappa shape index (κ2) is 9.05. The minimum atomic E-state index is -3.41. The van der Waals surface area contributed by atoms with E-state index in [-0.39, 0.29) is 17.5 Å². The van der Waals surface area contributed by atoms with Crippen molar-refractivity contribution >= 4 is 10.0 Å². The zero-order chi connectivity index (χ0) is 21.0. The van der Waals surface area contributed by atoms with Gasteiger partial charge in [-0.3, -0.25) is 5.32 Å². The molecule has 30 heavy (non-hydrogen) atoms. The van der Waals surface area contributed by atoms with E-state index in [4.69, 9.17) is 0 Å². The maximum Gasteiger partial charge on any atom is 0.215 e. The number of benzene rings is 1. The van der Waals surface area contributed by atoms with Crippen LogP contribution in [0.5, 0.6) is 0 Å². The highest BCUT2D eigenvalue weighted by Crippen LogP contribution is 2.30. The Balaban J connectivity index is 1.38. The monoisotopic (exact) mass is 433 g/mol. The van der Waals surface area contributed by atoms with Gasteiger partial charge < -0.3 is 5.32 Å². The molecule has 2 fully saturated rings. The fraction of sp³-hybridized carbons (Fsp3) is 0.524. The van der Waals surface area contributed by atoms with Crippen LogP contribution in [0, 0.1) is 5.82 Å². The van der Waals surface area contributed by atoms with Gasteiger partial charge in [-0.1, -0.05) is 12.1 Å². The van der Waals surface area contributed by atoms with E-state index in [1.807, 2.05) is 0 Å². The third kappa shape index (κ3) is 5.03. The molecular formula is C21H28FN5O2S. The number of halogens is 1. The molecule has 2 aliphatic rings. The van der Waals surface area contributed by atoms with E-state index in [0.717, 1.165) is 24.2 Å². The minimum absolute atomic E-state index is 0.0566. The van der Waals surface area contributed by atoms with Crippen LogP contribution in [0.25, 0.3) is 0 Å². The molecule has 4 rings (SSSR count). The summed E-state index contributed by atoms with van der Waals surface area (Å²) < 4.78 is 41.2. The summed E-state index contributed by atoms with van der Waals surface area (Å²) in [6.07, 6.45) is 6.18. The number of aromatic nitrogens is 2. The lowest BCUT2D eigenvalue weighted by molar-refractivity contribution is 0.311. The molecule has 3 heterocycles. The molecule has 2 N–H and O–H groups in total. The zero-order valence-electron chi connectivity index (χ0n) is 16.9. The molecule has 1 atom stereocenters. The summed E-state index contributed by atoms with van der Waals surface area (Å²) in [4.78, 5) is 8.51. The first-order valence-electron chi connectivity index (χ1n) is 10.4. The van der Waals surface area contributed by atoms with Gasteiger partial charge in [-0.05, 0) is 48.9 Å². The van der Waals surface area contributed by atoms with Crippen molar-refractivity contribution in [2.75, 3.05) is 32.1 Å². The van der Waals surface area contributed by atoms with Gasteiger partial charge in [0.05, 0.1) is 5.75 Å². The first kappa shape index (κ1) is 21.3. The highest BCUT2D eigenvalue weighted by atomic mass is 32.2. The average Bonchev–Trinajstić information content (AvgIpc) is 3.22. The SMILES string of the molecule is O=S(=O)(CC1(CCc2ncccn2)CNCN1)N1CCC(c2ccc(F)cc2)CC1. The largest absolute Gasteiger partial charge is 0.303 e. The Morgan fingerprint density at radius 1 is 1.13 bits per heavy atom. The molecule has 0 amide bonds. The van der Waals surface area contributed by atoms with Crippen LogP contribution in [0.2, 0.25) is 0 Å². The minimum Gasteiger partial charge on any atom is -0.303 e. The normalized spacial score (nSPS) is 23.6. The Hall–Kier alpha value is -1.94. The molecule has 0 radical (unpaired) electrons. The number of hydrogen-bond donors (Lipinski definition) is 2. The maximum atomic E-state index is 13.2. The van der Waals surface area contributed by atoms with Crippen LogP contribution in [0.4, 0.5) is 4.39 Å². The summed E-state index contributed by atoms with van der Waals surface area (Å²) in [5, 5.41) is 6.61. The zero-order valence-corrected chi connectivity index (χ0v) is 17.7. The molecule has 9 heteroatoms. The lowest BCUT2D eigenvalue weighted by Crippen LogP contribution is -2.53. The molecule has 1 aromatic carbocycles. The second-order valence-corrected chi connectivity index (χ2v) is 10.2. The molecule has 0 spiro atoms. The molecule has 7 nitrogen and oxygen atoms in total. The van der Waals surface area contributed by atoms with Crippen LogP contribution in [0.1, 0.15) is 36.6 Å². The van der Waals surface area contributed by atoms with Crippen LogP contribution in [-0.2, 0) is 16.4 Å². The summed E-state index contributed by atoms with van der Waals surface area (Å²) in [5.74, 6) is 0.805. The van der Waals surface area contributed by atoms with Crippen molar-refractivity contribution in [3.8, 4) is 0 Å². The van der Waals surface area contributed by atoms with Crippen LogP contribution in [0.3, 0.4) is 0 Å². The van der Waals surface area contributed by atoms with Crippen LogP contribution in [-0.4, -0.2) is 60.3 Å². The van der Waals surface area contributed by atoms with Crippen molar-refractivity contribution in [1.82, 2.24) is 24.9 Å². The third-order valence-corrected chi connectivity index (χ3v) is 8.21. The first-order chi connectivity index (χ1) is 14.5. The van der Waals surface area contributed by atoms with Gasteiger partial charge >= 0.3 is 0 Å². The van der Waals surface area contributed by atoms with Gasteiger partial charge in [-0.2, -0.15) is 0 Å². The molecular weight excluding hydrogens is 405 g/mol. The van der Waals surface area contributed by atoms with Crippen LogP contribution < -0.4 is 10.6 Å². The van der Waals surface area contributed by atoms with E-state index in [0.29, 0.717) is 39.1 Å². The Morgan fingerprint density at radius 3 is 2.47 bits per heavy atom. The van der Waals surface area contributed by atoms with Crippen molar-refractivity contribution in [3.63, 3.8) is 0 Å².